The Labute approximate surface area is 156 Å². The fourth-order valence-electron chi connectivity index (χ4n) is 2.77. The molecular weight excluding hydrogens is 376 g/mol. The van der Waals surface area contributed by atoms with E-state index >= 15 is 0 Å². The highest BCUT2D eigenvalue weighted by atomic mass is 79.9. The summed E-state index contributed by atoms with van der Waals surface area (Å²) in [6, 6.07) is 16.2. The Morgan fingerprint density at radius 1 is 1.08 bits per heavy atom. The molecule has 4 nitrogen and oxygen atoms in total. The molecule has 128 valence electrons. The molecule has 3 aromatic rings. The van der Waals surface area contributed by atoms with Crippen LogP contribution in [0.4, 0.5) is 5.82 Å². The molecule has 0 saturated carbocycles. The second-order valence-electron chi connectivity index (χ2n) is 5.94. The van der Waals surface area contributed by atoms with Gasteiger partial charge in [0.2, 0.25) is 0 Å². The van der Waals surface area contributed by atoms with Crippen LogP contribution in [0, 0.1) is 6.92 Å². The number of benzene rings is 1. The normalized spacial score (nSPS) is 12.0. The van der Waals surface area contributed by atoms with E-state index in [2.05, 4.69) is 45.3 Å². The first-order valence-corrected chi connectivity index (χ1v) is 9.06. The molecule has 1 atom stereocenters. The van der Waals surface area contributed by atoms with Crippen molar-refractivity contribution in [3.63, 3.8) is 0 Å². The van der Waals surface area contributed by atoms with Gasteiger partial charge in [0.1, 0.15) is 5.82 Å². The predicted molar refractivity (Wildman–Crippen MR) is 106 cm³/mol. The van der Waals surface area contributed by atoms with E-state index in [0.29, 0.717) is 0 Å². The van der Waals surface area contributed by atoms with E-state index in [9.17, 15) is 0 Å². The van der Waals surface area contributed by atoms with E-state index in [1.807, 2.05) is 36.4 Å². The lowest BCUT2D eigenvalue weighted by atomic mass is 10.00. The molecule has 1 aromatic carbocycles. The highest BCUT2D eigenvalue weighted by Gasteiger charge is 2.09. The highest BCUT2D eigenvalue weighted by molar-refractivity contribution is 9.10. The topological polar surface area (TPSA) is 63.8 Å². The minimum Gasteiger partial charge on any atom is -0.370 e. The standard InChI is InChI=1S/C20H21BrN4/c1-14-4-2-3-5-16(14)18(22)10-13-24-19-7-6-17(21)20(25-19)15-8-11-23-12-9-15/h2-9,11-12,18H,10,13,22H2,1H3,(H,24,25)/t18-/m0/s1. The van der Waals surface area contributed by atoms with Crippen LogP contribution in [-0.2, 0) is 0 Å². The average Bonchev–Trinajstić information content (AvgIpc) is 2.64. The molecule has 3 rings (SSSR count). The van der Waals surface area contributed by atoms with Gasteiger partial charge in [-0.3, -0.25) is 4.98 Å². The first-order valence-electron chi connectivity index (χ1n) is 8.27. The number of hydrogen-bond acceptors (Lipinski definition) is 4. The number of aromatic nitrogens is 2. The Hall–Kier alpha value is -2.24. The molecule has 0 unspecified atom stereocenters. The van der Waals surface area contributed by atoms with Crippen LogP contribution < -0.4 is 11.1 Å². The van der Waals surface area contributed by atoms with Crippen LogP contribution in [0.15, 0.2) is 65.4 Å². The molecule has 5 heteroatoms. The minimum atomic E-state index is 0.0174. The summed E-state index contributed by atoms with van der Waals surface area (Å²) in [5.74, 6) is 0.840. The lowest BCUT2D eigenvalue weighted by Gasteiger charge is -2.15. The van der Waals surface area contributed by atoms with Crippen LogP contribution >= 0.6 is 15.9 Å². The van der Waals surface area contributed by atoms with E-state index in [1.165, 1.54) is 11.1 Å². The average molecular weight is 397 g/mol. The van der Waals surface area contributed by atoms with Crippen molar-refractivity contribution in [2.24, 2.45) is 5.73 Å². The van der Waals surface area contributed by atoms with Gasteiger partial charge in [-0.2, -0.15) is 0 Å². The van der Waals surface area contributed by atoms with E-state index in [0.717, 1.165) is 34.5 Å². The zero-order valence-corrected chi connectivity index (χ0v) is 15.7. The molecule has 0 radical (unpaired) electrons. The van der Waals surface area contributed by atoms with Crippen molar-refractivity contribution >= 4 is 21.7 Å². The number of anilines is 1. The van der Waals surface area contributed by atoms with Crippen molar-refractivity contribution < 1.29 is 0 Å². The smallest absolute Gasteiger partial charge is 0.126 e. The SMILES string of the molecule is Cc1ccccc1[C@@H](N)CCNc1ccc(Br)c(-c2ccncc2)n1. The Balaban J connectivity index is 1.65. The third kappa shape index (κ3) is 4.44. The van der Waals surface area contributed by atoms with Gasteiger partial charge in [0, 0.05) is 35.0 Å². The number of rotatable bonds is 6. The predicted octanol–water partition coefficient (Wildman–Crippen LogP) is 4.72. The molecule has 0 spiro atoms. The fourth-order valence-corrected chi connectivity index (χ4v) is 3.22. The van der Waals surface area contributed by atoms with Crippen molar-refractivity contribution in [2.45, 2.75) is 19.4 Å². The Morgan fingerprint density at radius 3 is 2.60 bits per heavy atom. The van der Waals surface area contributed by atoms with Gasteiger partial charge in [-0.25, -0.2) is 4.98 Å². The van der Waals surface area contributed by atoms with Crippen molar-refractivity contribution in [3.05, 3.63) is 76.5 Å². The van der Waals surface area contributed by atoms with Crippen LogP contribution in [0.25, 0.3) is 11.3 Å². The largest absolute Gasteiger partial charge is 0.370 e. The van der Waals surface area contributed by atoms with Crippen LogP contribution in [0.1, 0.15) is 23.6 Å². The molecule has 2 aromatic heterocycles. The number of nitrogens with zero attached hydrogens (tertiary/aromatic N) is 2. The third-order valence-corrected chi connectivity index (χ3v) is 4.79. The zero-order valence-electron chi connectivity index (χ0n) is 14.1. The number of nitrogens with two attached hydrogens (primary N) is 1. The Kier molecular flexibility index (Phi) is 5.79. The lowest BCUT2D eigenvalue weighted by Crippen LogP contribution is -2.16. The molecular formula is C20H21BrN4. The van der Waals surface area contributed by atoms with E-state index in [1.54, 1.807) is 12.4 Å². The summed E-state index contributed by atoms with van der Waals surface area (Å²) in [5, 5.41) is 3.37. The second kappa shape index (κ2) is 8.23. The lowest BCUT2D eigenvalue weighted by molar-refractivity contribution is 0.670. The molecule has 0 fully saturated rings. The number of aryl methyl sites for hydroxylation is 1. The Morgan fingerprint density at radius 2 is 1.84 bits per heavy atom. The second-order valence-corrected chi connectivity index (χ2v) is 6.80. The van der Waals surface area contributed by atoms with Gasteiger partial charge in [-0.15, -0.1) is 0 Å². The highest BCUT2D eigenvalue weighted by Crippen LogP contribution is 2.27. The number of hydrogen-bond donors (Lipinski definition) is 2. The summed E-state index contributed by atoms with van der Waals surface area (Å²) in [6.45, 7) is 2.86. The first-order chi connectivity index (χ1) is 12.1. The van der Waals surface area contributed by atoms with Crippen LogP contribution in [-0.4, -0.2) is 16.5 Å². The molecule has 0 saturated heterocycles. The quantitative estimate of drug-likeness (QED) is 0.632. The summed E-state index contributed by atoms with van der Waals surface area (Å²) in [6.07, 6.45) is 4.38. The van der Waals surface area contributed by atoms with E-state index < -0.39 is 0 Å². The number of nitrogens with one attached hydrogen (secondary N) is 1. The van der Waals surface area contributed by atoms with Crippen LogP contribution in [0.2, 0.25) is 0 Å². The summed E-state index contributed by atoms with van der Waals surface area (Å²) in [4.78, 5) is 8.76. The zero-order chi connectivity index (χ0) is 17.6. The maximum atomic E-state index is 6.33. The molecule has 0 amide bonds. The summed E-state index contributed by atoms with van der Waals surface area (Å²) in [7, 11) is 0. The van der Waals surface area contributed by atoms with Gasteiger partial charge >= 0.3 is 0 Å². The maximum Gasteiger partial charge on any atom is 0.126 e. The van der Waals surface area contributed by atoms with Gasteiger partial charge in [0.25, 0.3) is 0 Å². The fraction of sp³-hybridized carbons (Fsp3) is 0.200. The molecule has 2 heterocycles. The van der Waals surface area contributed by atoms with Gasteiger partial charge in [-0.1, -0.05) is 24.3 Å². The van der Waals surface area contributed by atoms with E-state index in [4.69, 9.17) is 10.7 Å². The van der Waals surface area contributed by atoms with Crippen LogP contribution in [0.5, 0.6) is 0 Å². The van der Waals surface area contributed by atoms with Gasteiger partial charge in [0.05, 0.1) is 5.69 Å². The van der Waals surface area contributed by atoms with E-state index in [-0.39, 0.29) is 6.04 Å². The molecule has 3 N–H and O–H groups in total. The summed E-state index contributed by atoms with van der Waals surface area (Å²) in [5.41, 5.74) is 10.7. The third-order valence-electron chi connectivity index (χ3n) is 4.15. The van der Waals surface area contributed by atoms with Crippen molar-refractivity contribution in [1.29, 1.82) is 0 Å². The molecule has 0 aliphatic rings. The monoisotopic (exact) mass is 396 g/mol. The van der Waals surface area contributed by atoms with Crippen molar-refractivity contribution in [2.75, 3.05) is 11.9 Å². The molecule has 25 heavy (non-hydrogen) atoms. The molecule has 0 aliphatic carbocycles. The van der Waals surface area contributed by atoms with Crippen molar-refractivity contribution in [3.8, 4) is 11.3 Å². The van der Waals surface area contributed by atoms with Gasteiger partial charge < -0.3 is 11.1 Å². The number of pyridine rings is 2. The van der Waals surface area contributed by atoms with Crippen LogP contribution in [0.3, 0.4) is 0 Å². The maximum absolute atomic E-state index is 6.33. The van der Waals surface area contributed by atoms with Crippen molar-refractivity contribution in [1.82, 2.24) is 9.97 Å². The molecule has 0 aliphatic heterocycles. The summed E-state index contributed by atoms with van der Waals surface area (Å²) >= 11 is 3.57. The number of halogens is 1. The van der Waals surface area contributed by atoms with Gasteiger partial charge in [-0.05, 0) is 64.7 Å². The van der Waals surface area contributed by atoms with Gasteiger partial charge in [0.15, 0.2) is 0 Å². The Bertz CT molecular complexity index is 836. The molecule has 0 bridgehead atoms. The summed E-state index contributed by atoms with van der Waals surface area (Å²) < 4.78 is 0.959. The minimum absolute atomic E-state index is 0.0174. The first kappa shape index (κ1) is 17.6.